The summed E-state index contributed by atoms with van der Waals surface area (Å²) in [4.78, 5) is 25.1. The summed E-state index contributed by atoms with van der Waals surface area (Å²) in [6.45, 7) is 3.68. The molecule has 2 N–H and O–H groups in total. The average molecular weight is 453 g/mol. The van der Waals surface area contributed by atoms with Gasteiger partial charge in [-0.1, -0.05) is 29.8 Å². The number of hydrogen-bond donors (Lipinski definition) is 2. The Bertz CT molecular complexity index is 878. The van der Waals surface area contributed by atoms with Crippen molar-refractivity contribution in [2.45, 2.75) is 38.6 Å². The summed E-state index contributed by atoms with van der Waals surface area (Å²) in [5, 5.41) is 12.3. The quantitative estimate of drug-likeness (QED) is 0.462. The summed E-state index contributed by atoms with van der Waals surface area (Å²) in [6, 6.07) is 10.7. The van der Waals surface area contributed by atoms with Gasteiger partial charge in [0.15, 0.2) is 0 Å². The van der Waals surface area contributed by atoms with Gasteiger partial charge >= 0.3 is 5.97 Å². The van der Waals surface area contributed by atoms with Crippen LogP contribution in [0.2, 0.25) is 5.02 Å². The van der Waals surface area contributed by atoms with Crippen LogP contribution in [-0.4, -0.2) is 41.5 Å². The second kappa shape index (κ2) is 12.4. The predicted molar refractivity (Wildman–Crippen MR) is 116 cm³/mol. The highest BCUT2D eigenvalue weighted by atomic mass is 35.5. The third-order valence-electron chi connectivity index (χ3n) is 5.05. The lowest BCUT2D eigenvalue weighted by Crippen LogP contribution is -2.33. The molecule has 0 aliphatic rings. The average Bonchev–Trinajstić information content (AvgIpc) is 2.71. The molecule has 2 aromatic carbocycles. The molecule has 2 aromatic rings. The van der Waals surface area contributed by atoms with Crippen LogP contribution in [0.3, 0.4) is 0 Å². The molecule has 0 bridgehead atoms. The van der Waals surface area contributed by atoms with E-state index in [9.17, 15) is 18.4 Å². The van der Waals surface area contributed by atoms with E-state index in [-0.39, 0.29) is 30.4 Å². The zero-order valence-corrected chi connectivity index (χ0v) is 18.2. The van der Waals surface area contributed by atoms with E-state index in [2.05, 4.69) is 10.2 Å². The summed E-state index contributed by atoms with van der Waals surface area (Å²) in [6.07, 6.45) is 1.09. The maximum Gasteiger partial charge on any atom is 0.303 e. The van der Waals surface area contributed by atoms with E-state index < -0.39 is 17.6 Å². The molecule has 2 rings (SSSR count). The van der Waals surface area contributed by atoms with Gasteiger partial charge in [-0.3, -0.25) is 14.5 Å². The minimum Gasteiger partial charge on any atom is -0.481 e. The summed E-state index contributed by atoms with van der Waals surface area (Å²) in [5.74, 6) is -2.59. The Morgan fingerprint density at radius 3 is 2.42 bits per heavy atom. The van der Waals surface area contributed by atoms with Crippen LogP contribution in [0.4, 0.5) is 8.78 Å². The Hall–Kier alpha value is -2.51. The van der Waals surface area contributed by atoms with Crippen LogP contribution in [0, 0.1) is 11.6 Å². The molecule has 1 unspecified atom stereocenters. The van der Waals surface area contributed by atoms with E-state index in [1.54, 1.807) is 0 Å². The van der Waals surface area contributed by atoms with E-state index in [0.29, 0.717) is 37.5 Å². The number of aliphatic carboxylic acids is 1. The Morgan fingerprint density at radius 1 is 1.10 bits per heavy atom. The Kier molecular flexibility index (Phi) is 9.88. The molecule has 0 radical (unpaired) electrons. The fraction of sp³-hybridized carbons (Fsp3) is 0.391. The highest BCUT2D eigenvalue weighted by Gasteiger charge is 2.16. The lowest BCUT2D eigenvalue weighted by Gasteiger charge is -2.29. The molecule has 0 aliphatic heterocycles. The first-order valence-corrected chi connectivity index (χ1v) is 10.6. The second-order valence-electron chi connectivity index (χ2n) is 7.38. The molecule has 0 aromatic heterocycles. The standard InChI is InChI=1S/C23H27ClF2N2O3/c1-16(17-5-8-19(24)9-6-17)28(12-2-4-23(30)31)13-3-11-27-22(29)14-18-7-10-20(25)15-21(18)26/h5-10,15-16H,2-4,11-14H2,1H3,(H,27,29)(H,30,31). The molecule has 1 atom stereocenters. The van der Waals surface area contributed by atoms with Crippen molar-refractivity contribution in [3.8, 4) is 0 Å². The van der Waals surface area contributed by atoms with E-state index >= 15 is 0 Å². The SMILES string of the molecule is CC(c1ccc(Cl)cc1)N(CCCNC(=O)Cc1ccc(F)cc1F)CCCC(=O)O. The van der Waals surface area contributed by atoms with Gasteiger partial charge in [0.25, 0.3) is 0 Å². The summed E-state index contributed by atoms with van der Waals surface area (Å²) >= 11 is 5.96. The van der Waals surface area contributed by atoms with Gasteiger partial charge in [0.1, 0.15) is 11.6 Å². The predicted octanol–water partition coefficient (Wildman–Crippen LogP) is 4.60. The third-order valence-corrected chi connectivity index (χ3v) is 5.30. The maximum atomic E-state index is 13.7. The van der Waals surface area contributed by atoms with Crippen molar-refractivity contribution in [1.29, 1.82) is 0 Å². The first-order chi connectivity index (χ1) is 14.8. The molecule has 5 nitrogen and oxygen atoms in total. The molecule has 168 valence electrons. The van der Waals surface area contributed by atoms with Crippen LogP contribution in [0.15, 0.2) is 42.5 Å². The molecule has 8 heteroatoms. The molecule has 0 heterocycles. The van der Waals surface area contributed by atoms with Crippen molar-refractivity contribution in [3.05, 3.63) is 70.2 Å². The van der Waals surface area contributed by atoms with Crippen molar-refractivity contribution < 1.29 is 23.5 Å². The lowest BCUT2D eigenvalue weighted by molar-refractivity contribution is -0.137. The summed E-state index contributed by atoms with van der Waals surface area (Å²) in [7, 11) is 0. The molecule has 0 saturated heterocycles. The van der Waals surface area contributed by atoms with Crippen LogP contribution >= 0.6 is 11.6 Å². The van der Waals surface area contributed by atoms with Crippen LogP contribution in [-0.2, 0) is 16.0 Å². The van der Waals surface area contributed by atoms with Crippen LogP contribution in [0.1, 0.15) is 43.4 Å². The molecule has 0 saturated carbocycles. The van der Waals surface area contributed by atoms with Crippen molar-refractivity contribution >= 4 is 23.5 Å². The monoisotopic (exact) mass is 452 g/mol. The van der Waals surface area contributed by atoms with Crippen LogP contribution < -0.4 is 5.32 Å². The van der Waals surface area contributed by atoms with Crippen LogP contribution in [0.5, 0.6) is 0 Å². The van der Waals surface area contributed by atoms with E-state index in [1.807, 2.05) is 31.2 Å². The van der Waals surface area contributed by atoms with Gasteiger partial charge in [-0.15, -0.1) is 0 Å². The molecular formula is C23H27ClF2N2O3. The number of halogens is 3. The lowest BCUT2D eigenvalue weighted by atomic mass is 10.1. The number of carbonyl (C=O) groups excluding carboxylic acids is 1. The smallest absolute Gasteiger partial charge is 0.303 e. The maximum absolute atomic E-state index is 13.7. The van der Waals surface area contributed by atoms with E-state index in [0.717, 1.165) is 17.7 Å². The fourth-order valence-corrected chi connectivity index (χ4v) is 3.42. The van der Waals surface area contributed by atoms with Gasteiger partial charge < -0.3 is 10.4 Å². The molecule has 0 spiro atoms. The number of nitrogens with zero attached hydrogens (tertiary/aromatic N) is 1. The van der Waals surface area contributed by atoms with Gasteiger partial charge in [0.2, 0.25) is 5.91 Å². The van der Waals surface area contributed by atoms with Crippen LogP contribution in [0.25, 0.3) is 0 Å². The first kappa shape index (κ1) is 24.8. The minimum absolute atomic E-state index is 0.0510. The number of benzene rings is 2. The first-order valence-electron chi connectivity index (χ1n) is 10.2. The number of carbonyl (C=O) groups is 2. The van der Waals surface area contributed by atoms with Gasteiger partial charge in [-0.2, -0.15) is 0 Å². The molecule has 31 heavy (non-hydrogen) atoms. The highest BCUT2D eigenvalue weighted by molar-refractivity contribution is 6.30. The molecule has 0 fully saturated rings. The van der Waals surface area contributed by atoms with Gasteiger partial charge in [-0.25, -0.2) is 8.78 Å². The summed E-state index contributed by atoms with van der Waals surface area (Å²) < 4.78 is 26.6. The normalized spacial score (nSPS) is 12.0. The Balaban J connectivity index is 1.86. The van der Waals surface area contributed by atoms with Gasteiger partial charge in [0.05, 0.1) is 6.42 Å². The zero-order chi connectivity index (χ0) is 22.8. The van der Waals surface area contributed by atoms with Crippen molar-refractivity contribution in [3.63, 3.8) is 0 Å². The zero-order valence-electron chi connectivity index (χ0n) is 17.4. The van der Waals surface area contributed by atoms with Gasteiger partial charge in [-0.05, 0) is 55.6 Å². The van der Waals surface area contributed by atoms with E-state index in [1.165, 1.54) is 6.07 Å². The third kappa shape index (κ3) is 8.63. The number of amides is 1. The van der Waals surface area contributed by atoms with Gasteiger partial charge in [0, 0.05) is 36.6 Å². The molecule has 0 aliphatic carbocycles. The van der Waals surface area contributed by atoms with Crippen molar-refractivity contribution in [2.24, 2.45) is 0 Å². The van der Waals surface area contributed by atoms with Crippen molar-refractivity contribution in [2.75, 3.05) is 19.6 Å². The Labute approximate surface area is 186 Å². The largest absolute Gasteiger partial charge is 0.481 e. The highest BCUT2D eigenvalue weighted by Crippen LogP contribution is 2.22. The Morgan fingerprint density at radius 2 is 1.77 bits per heavy atom. The molecular weight excluding hydrogens is 426 g/mol. The van der Waals surface area contributed by atoms with E-state index in [4.69, 9.17) is 16.7 Å². The summed E-state index contributed by atoms with van der Waals surface area (Å²) in [5.41, 5.74) is 1.21. The van der Waals surface area contributed by atoms with Crippen molar-refractivity contribution in [1.82, 2.24) is 10.2 Å². The number of nitrogens with one attached hydrogen (secondary N) is 1. The number of rotatable bonds is 12. The topological polar surface area (TPSA) is 69.6 Å². The number of carboxylic acid groups (broad SMARTS) is 1. The number of hydrogen-bond acceptors (Lipinski definition) is 3. The fourth-order valence-electron chi connectivity index (χ4n) is 3.30. The minimum atomic E-state index is -0.834. The molecule has 1 amide bonds. The number of carboxylic acids is 1. The second-order valence-corrected chi connectivity index (χ2v) is 7.81.